The fourth-order valence-corrected chi connectivity index (χ4v) is 2.66. The average Bonchev–Trinajstić information content (AvgIpc) is 2.32. The number of nitrogens with zero attached hydrogens (tertiary/aromatic N) is 2. The number of nitrogens with one attached hydrogen (secondary N) is 1. The molecular weight excluding hydrogens is 270 g/mol. The maximum atomic E-state index is 11.5. The van der Waals surface area contributed by atoms with Gasteiger partial charge in [0.25, 0.3) is 0 Å². The van der Waals surface area contributed by atoms with Crippen LogP contribution in [0, 0.1) is 37.8 Å². The number of benzene rings is 1. The van der Waals surface area contributed by atoms with E-state index in [9.17, 15) is 14.9 Å². The van der Waals surface area contributed by atoms with Crippen molar-refractivity contribution in [2.24, 2.45) is 0 Å². The zero-order valence-corrected chi connectivity index (χ0v) is 12.5. The number of aryl methyl sites for hydroxylation is 4. The molecule has 0 aliphatic heterocycles. The Morgan fingerprint density at radius 3 is 2.29 bits per heavy atom. The number of H-pyrrole nitrogens is 1. The first-order chi connectivity index (χ1) is 9.79. The predicted octanol–water partition coefficient (Wildman–Crippen LogP) is 2.50. The average molecular weight is 287 g/mol. The van der Waals surface area contributed by atoms with Gasteiger partial charge in [0.05, 0.1) is 10.6 Å². The van der Waals surface area contributed by atoms with Crippen molar-refractivity contribution in [3.63, 3.8) is 0 Å². The first-order valence-electron chi connectivity index (χ1n) is 6.60. The first-order valence-corrected chi connectivity index (χ1v) is 6.60. The van der Waals surface area contributed by atoms with Gasteiger partial charge in [-0.15, -0.1) is 0 Å². The van der Waals surface area contributed by atoms with Crippen LogP contribution < -0.4 is 5.69 Å². The lowest BCUT2D eigenvalue weighted by Gasteiger charge is -2.11. The molecule has 0 amide bonds. The van der Waals surface area contributed by atoms with E-state index in [0.717, 1.165) is 22.3 Å². The molecule has 0 aliphatic rings. The van der Waals surface area contributed by atoms with Gasteiger partial charge in [-0.05, 0) is 44.4 Å². The van der Waals surface area contributed by atoms with E-state index in [4.69, 9.17) is 0 Å². The predicted molar refractivity (Wildman–Crippen MR) is 79.7 cm³/mol. The summed E-state index contributed by atoms with van der Waals surface area (Å²) >= 11 is 0. The summed E-state index contributed by atoms with van der Waals surface area (Å²) in [5, 5.41) is 11.2. The highest BCUT2D eigenvalue weighted by Crippen LogP contribution is 2.24. The van der Waals surface area contributed by atoms with Gasteiger partial charge in [-0.25, -0.2) is 4.79 Å². The highest BCUT2D eigenvalue weighted by molar-refractivity contribution is 5.45. The largest absolute Gasteiger partial charge is 0.345 e. The van der Waals surface area contributed by atoms with Gasteiger partial charge in [-0.3, -0.25) is 10.1 Å². The van der Waals surface area contributed by atoms with Crippen molar-refractivity contribution in [1.29, 1.82) is 0 Å². The summed E-state index contributed by atoms with van der Waals surface area (Å²) in [6.07, 6.45) is 0.277. The van der Waals surface area contributed by atoms with Gasteiger partial charge < -0.3 is 4.98 Å². The van der Waals surface area contributed by atoms with Crippen LogP contribution in [0.1, 0.15) is 33.6 Å². The topological polar surface area (TPSA) is 88.9 Å². The summed E-state index contributed by atoms with van der Waals surface area (Å²) in [5.41, 5.74) is 3.96. The number of aromatic amines is 1. The minimum absolute atomic E-state index is 0.117. The van der Waals surface area contributed by atoms with Crippen LogP contribution in [0.3, 0.4) is 0 Å². The lowest BCUT2D eigenvalue weighted by molar-refractivity contribution is -0.386. The molecule has 1 N–H and O–H groups in total. The third kappa shape index (κ3) is 2.99. The van der Waals surface area contributed by atoms with E-state index in [1.165, 1.54) is 6.92 Å². The lowest BCUT2D eigenvalue weighted by Crippen LogP contribution is -2.17. The summed E-state index contributed by atoms with van der Waals surface area (Å²) < 4.78 is 0. The van der Waals surface area contributed by atoms with E-state index in [0.29, 0.717) is 0 Å². The molecular formula is C15H17N3O3. The molecule has 2 rings (SSSR count). The molecule has 1 aromatic heterocycles. The second-order valence-corrected chi connectivity index (χ2v) is 5.27. The number of aromatic nitrogens is 2. The molecule has 6 nitrogen and oxygen atoms in total. The molecule has 0 aliphatic carbocycles. The Labute approximate surface area is 122 Å². The van der Waals surface area contributed by atoms with Gasteiger partial charge >= 0.3 is 11.4 Å². The van der Waals surface area contributed by atoms with Crippen LogP contribution in [0.2, 0.25) is 0 Å². The van der Waals surface area contributed by atoms with E-state index in [-0.39, 0.29) is 23.5 Å². The number of rotatable bonds is 3. The highest BCUT2D eigenvalue weighted by Gasteiger charge is 2.21. The summed E-state index contributed by atoms with van der Waals surface area (Å²) in [6, 6.07) is 4.04. The van der Waals surface area contributed by atoms with Gasteiger partial charge in [0.1, 0.15) is 5.69 Å². The van der Waals surface area contributed by atoms with E-state index < -0.39 is 10.6 Å². The van der Waals surface area contributed by atoms with E-state index in [1.807, 2.05) is 32.9 Å². The van der Waals surface area contributed by atoms with Crippen molar-refractivity contribution in [1.82, 2.24) is 9.97 Å². The van der Waals surface area contributed by atoms with Crippen LogP contribution in [0.5, 0.6) is 0 Å². The number of hydrogen-bond donors (Lipinski definition) is 1. The molecule has 110 valence electrons. The Bertz CT molecular complexity index is 755. The maximum Gasteiger partial charge on any atom is 0.345 e. The normalized spacial score (nSPS) is 10.7. The molecule has 0 unspecified atom stereocenters. The summed E-state index contributed by atoms with van der Waals surface area (Å²) in [7, 11) is 0. The summed E-state index contributed by atoms with van der Waals surface area (Å²) in [5.74, 6) is 0. The molecule has 1 aromatic carbocycles. The van der Waals surface area contributed by atoms with Crippen molar-refractivity contribution in [3.05, 3.63) is 66.4 Å². The van der Waals surface area contributed by atoms with Crippen molar-refractivity contribution in [2.75, 3.05) is 0 Å². The Kier molecular flexibility index (Phi) is 3.88. The smallest absolute Gasteiger partial charge is 0.304 e. The van der Waals surface area contributed by atoms with Crippen LogP contribution in [0.25, 0.3) is 0 Å². The molecule has 6 heteroatoms. The van der Waals surface area contributed by atoms with Crippen molar-refractivity contribution < 1.29 is 4.92 Å². The molecule has 2 aromatic rings. The number of hydrogen-bond acceptors (Lipinski definition) is 4. The van der Waals surface area contributed by atoms with Gasteiger partial charge in [-0.1, -0.05) is 17.7 Å². The molecule has 0 saturated carbocycles. The summed E-state index contributed by atoms with van der Waals surface area (Å²) in [4.78, 5) is 28.4. The van der Waals surface area contributed by atoms with Gasteiger partial charge in [0.15, 0.2) is 0 Å². The molecule has 0 bridgehead atoms. The summed E-state index contributed by atoms with van der Waals surface area (Å²) in [6.45, 7) is 7.43. The van der Waals surface area contributed by atoms with Crippen LogP contribution in [0.15, 0.2) is 16.9 Å². The quantitative estimate of drug-likeness (QED) is 0.693. The van der Waals surface area contributed by atoms with E-state index in [2.05, 4.69) is 9.97 Å². The zero-order valence-electron chi connectivity index (χ0n) is 12.5. The number of nitro groups is 1. The second kappa shape index (κ2) is 5.47. The van der Waals surface area contributed by atoms with Gasteiger partial charge in [-0.2, -0.15) is 4.98 Å². The lowest BCUT2D eigenvalue weighted by atomic mass is 9.95. The Hall–Kier alpha value is -2.50. The molecule has 1 heterocycles. The minimum Gasteiger partial charge on any atom is -0.304 e. The van der Waals surface area contributed by atoms with E-state index >= 15 is 0 Å². The third-order valence-electron chi connectivity index (χ3n) is 3.53. The highest BCUT2D eigenvalue weighted by atomic mass is 16.6. The zero-order chi connectivity index (χ0) is 15.7. The molecule has 0 atom stereocenters. The van der Waals surface area contributed by atoms with E-state index in [1.54, 1.807) is 0 Å². The molecule has 0 spiro atoms. The maximum absolute atomic E-state index is 11.5. The Morgan fingerprint density at radius 2 is 1.76 bits per heavy atom. The van der Waals surface area contributed by atoms with Crippen LogP contribution in [-0.4, -0.2) is 14.9 Å². The van der Waals surface area contributed by atoms with Crippen molar-refractivity contribution >= 4 is 5.69 Å². The van der Waals surface area contributed by atoms with Crippen LogP contribution >= 0.6 is 0 Å². The molecule has 21 heavy (non-hydrogen) atoms. The molecule has 0 fully saturated rings. The Morgan fingerprint density at radius 1 is 1.19 bits per heavy atom. The van der Waals surface area contributed by atoms with Crippen LogP contribution in [0.4, 0.5) is 5.69 Å². The van der Waals surface area contributed by atoms with Crippen molar-refractivity contribution in [2.45, 2.75) is 34.1 Å². The second-order valence-electron chi connectivity index (χ2n) is 5.27. The van der Waals surface area contributed by atoms with Gasteiger partial charge in [0.2, 0.25) is 0 Å². The molecule has 0 saturated heterocycles. The fourth-order valence-electron chi connectivity index (χ4n) is 2.66. The first kappa shape index (κ1) is 14.9. The van der Waals surface area contributed by atoms with Gasteiger partial charge in [0, 0.05) is 6.42 Å². The molecule has 0 radical (unpaired) electrons. The Balaban J connectivity index is 2.60. The standard InChI is InChI=1S/C15H17N3O3/c1-8-5-9(2)12(10(3)6-8)7-13-14(18(20)21)11(4)16-15(19)17-13/h5-6H,7H2,1-4H3,(H,16,17,19). The third-order valence-corrected chi connectivity index (χ3v) is 3.53. The minimum atomic E-state index is -0.560. The fraction of sp³-hybridized carbons (Fsp3) is 0.333. The monoisotopic (exact) mass is 287 g/mol. The SMILES string of the molecule is Cc1cc(C)c(Cc2nc(=O)[nH]c(C)c2[N+](=O)[O-])c(C)c1. The van der Waals surface area contributed by atoms with Crippen molar-refractivity contribution in [3.8, 4) is 0 Å². The van der Waals surface area contributed by atoms with Crippen LogP contribution in [-0.2, 0) is 6.42 Å².